The third kappa shape index (κ3) is 6.02. The van der Waals surface area contributed by atoms with Gasteiger partial charge in [0.25, 0.3) is 0 Å². The number of nitrogens with one attached hydrogen (secondary N) is 3. The lowest BCUT2D eigenvalue weighted by Crippen LogP contribution is -2.28. The first-order chi connectivity index (χ1) is 9.45. The van der Waals surface area contributed by atoms with Crippen LogP contribution < -0.4 is 10.0 Å². The Morgan fingerprint density at radius 2 is 2.10 bits per heavy atom. The van der Waals surface area contributed by atoms with Crippen molar-refractivity contribution in [3.63, 3.8) is 0 Å². The van der Waals surface area contributed by atoms with Gasteiger partial charge in [-0.2, -0.15) is 0 Å². The summed E-state index contributed by atoms with van der Waals surface area (Å²) < 4.78 is 31.8. The Morgan fingerprint density at radius 3 is 2.75 bits per heavy atom. The molecule has 8 heteroatoms. The Hall–Kier alpha value is -0.930. The van der Waals surface area contributed by atoms with Gasteiger partial charge in [-0.3, -0.25) is 0 Å². The highest BCUT2D eigenvalue weighted by atomic mass is 32.2. The van der Waals surface area contributed by atoms with E-state index in [1.54, 1.807) is 13.1 Å². The van der Waals surface area contributed by atoms with E-state index in [-0.39, 0.29) is 11.4 Å². The molecule has 1 heterocycles. The molecule has 0 aliphatic heterocycles. The molecule has 0 spiro atoms. The second-order valence-corrected chi connectivity index (χ2v) is 6.47. The Bertz CT molecular complexity index is 485. The molecule has 0 fully saturated rings. The van der Waals surface area contributed by atoms with Crippen LogP contribution >= 0.6 is 0 Å². The van der Waals surface area contributed by atoms with E-state index in [1.165, 1.54) is 6.20 Å². The fourth-order valence-electron chi connectivity index (χ4n) is 1.55. The van der Waals surface area contributed by atoms with Crippen LogP contribution in [-0.4, -0.2) is 65.7 Å². The van der Waals surface area contributed by atoms with Gasteiger partial charge in [0, 0.05) is 31.5 Å². The lowest BCUT2D eigenvalue weighted by Gasteiger charge is -2.10. The molecule has 20 heavy (non-hydrogen) atoms. The van der Waals surface area contributed by atoms with Gasteiger partial charge in [-0.15, -0.1) is 0 Å². The lowest BCUT2D eigenvalue weighted by atomic mass is 10.4. The maximum Gasteiger partial charge on any atom is 0.242 e. The Morgan fingerprint density at radius 1 is 1.35 bits per heavy atom. The van der Waals surface area contributed by atoms with Crippen molar-refractivity contribution in [2.45, 2.75) is 11.4 Å². The highest BCUT2D eigenvalue weighted by Crippen LogP contribution is 2.10. The lowest BCUT2D eigenvalue weighted by molar-refractivity contribution is 0.122. The molecule has 0 amide bonds. The molecule has 1 rings (SSSR count). The zero-order valence-electron chi connectivity index (χ0n) is 12.3. The highest BCUT2D eigenvalue weighted by molar-refractivity contribution is 7.89. The topological polar surface area (TPSA) is 86.5 Å². The number of aromatic amines is 1. The van der Waals surface area contributed by atoms with E-state index in [4.69, 9.17) is 4.74 Å². The molecule has 0 aromatic carbocycles. The quantitative estimate of drug-likeness (QED) is 0.512. The SMILES string of the molecule is CNCc1cc(S(=O)(=O)NCCOCCN(C)C)c[nH]1. The van der Waals surface area contributed by atoms with E-state index in [1.807, 2.05) is 19.0 Å². The molecule has 1 aromatic heterocycles. The van der Waals surface area contributed by atoms with Crippen molar-refractivity contribution in [2.75, 3.05) is 47.4 Å². The molecule has 0 aliphatic carbocycles. The number of sulfonamides is 1. The van der Waals surface area contributed by atoms with Crippen LogP contribution in [0.15, 0.2) is 17.2 Å². The van der Waals surface area contributed by atoms with Crippen molar-refractivity contribution >= 4 is 10.0 Å². The van der Waals surface area contributed by atoms with Crippen LogP contribution in [-0.2, 0) is 21.3 Å². The largest absolute Gasteiger partial charge is 0.379 e. The summed E-state index contributed by atoms with van der Waals surface area (Å²) in [5.41, 5.74) is 0.829. The van der Waals surface area contributed by atoms with Gasteiger partial charge in [0.1, 0.15) is 0 Å². The van der Waals surface area contributed by atoms with Gasteiger partial charge < -0.3 is 19.9 Å². The van der Waals surface area contributed by atoms with Gasteiger partial charge >= 0.3 is 0 Å². The average molecular weight is 304 g/mol. The predicted molar refractivity (Wildman–Crippen MR) is 78.1 cm³/mol. The van der Waals surface area contributed by atoms with Gasteiger partial charge in [0.05, 0.1) is 18.1 Å². The molecule has 1 aromatic rings. The highest BCUT2D eigenvalue weighted by Gasteiger charge is 2.15. The first kappa shape index (κ1) is 17.1. The van der Waals surface area contributed by atoms with E-state index in [9.17, 15) is 8.42 Å². The standard InChI is InChI=1S/C12H24N4O3S/c1-13-9-11-8-12(10-14-11)20(17,18)15-4-6-19-7-5-16(2)3/h8,10,13-15H,4-7,9H2,1-3H3. The van der Waals surface area contributed by atoms with Gasteiger partial charge in [0.2, 0.25) is 10.0 Å². The third-order valence-corrected chi connectivity index (χ3v) is 4.06. The second kappa shape index (κ2) is 8.38. The van der Waals surface area contributed by atoms with Crippen LogP contribution in [0.3, 0.4) is 0 Å². The van der Waals surface area contributed by atoms with E-state index >= 15 is 0 Å². The smallest absolute Gasteiger partial charge is 0.242 e. The number of H-pyrrole nitrogens is 1. The number of ether oxygens (including phenoxy) is 1. The molecule has 7 nitrogen and oxygen atoms in total. The van der Waals surface area contributed by atoms with Crippen molar-refractivity contribution < 1.29 is 13.2 Å². The third-order valence-electron chi connectivity index (χ3n) is 2.62. The number of hydrogen-bond acceptors (Lipinski definition) is 5. The Balaban J connectivity index is 2.33. The van der Waals surface area contributed by atoms with Crippen molar-refractivity contribution in [1.29, 1.82) is 0 Å². The molecule has 0 unspecified atom stereocenters. The maximum atomic E-state index is 12.0. The molecule has 116 valence electrons. The van der Waals surface area contributed by atoms with Crippen LogP contribution in [0.1, 0.15) is 5.69 Å². The molecule has 0 radical (unpaired) electrons. The van der Waals surface area contributed by atoms with E-state index < -0.39 is 10.0 Å². The average Bonchev–Trinajstić information content (AvgIpc) is 2.83. The number of hydrogen-bond donors (Lipinski definition) is 3. The number of likely N-dealkylation sites (N-methyl/N-ethyl adjacent to an activating group) is 1. The summed E-state index contributed by atoms with van der Waals surface area (Å²) in [6.45, 7) is 2.63. The van der Waals surface area contributed by atoms with Crippen LogP contribution in [0, 0.1) is 0 Å². The van der Waals surface area contributed by atoms with Crippen LogP contribution in [0.4, 0.5) is 0 Å². The van der Waals surface area contributed by atoms with Crippen LogP contribution in [0.2, 0.25) is 0 Å². The Labute approximate surface area is 120 Å². The second-order valence-electron chi connectivity index (χ2n) is 4.70. The van der Waals surface area contributed by atoms with Crippen LogP contribution in [0.5, 0.6) is 0 Å². The van der Waals surface area contributed by atoms with Crippen LogP contribution in [0.25, 0.3) is 0 Å². The predicted octanol–water partition coefficient (Wildman–Crippen LogP) is -0.409. The molecule has 0 bridgehead atoms. The minimum atomic E-state index is -3.46. The normalized spacial score (nSPS) is 12.2. The number of nitrogens with zero attached hydrogens (tertiary/aromatic N) is 1. The van der Waals surface area contributed by atoms with Crippen molar-refractivity contribution in [3.8, 4) is 0 Å². The summed E-state index contributed by atoms with van der Waals surface area (Å²) in [4.78, 5) is 5.17. The first-order valence-corrected chi connectivity index (χ1v) is 7.98. The Kier molecular flexibility index (Phi) is 7.17. The molecule has 3 N–H and O–H groups in total. The summed E-state index contributed by atoms with van der Waals surface area (Å²) >= 11 is 0. The minimum absolute atomic E-state index is 0.246. The first-order valence-electron chi connectivity index (χ1n) is 6.49. The number of aromatic nitrogens is 1. The van der Waals surface area contributed by atoms with Crippen molar-refractivity contribution in [3.05, 3.63) is 18.0 Å². The number of rotatable bonds is 10. The molecule has 0 saturated heterocycles. The molecule has 0 aliphatic rings. The van der Waals surface area contributed by atoms with Gasteiger partial charge in [-0.1, -0.05) is 0 Å². The summed E-state index contributed by atoms with van der Waals surface area (Å²) in [5, 5.41) is 2.95. The molecular weight excluding hydrogens is 280 g/mol. The molecular formula is C12H24N4O3S. The summed E-state index contributed by atoms with van der Waals surface area (Å²) in [6, 6.07) is 1.62. The van der Waals surface area contributed by atoms with Crippen molar-refractivity contribution in [2.24, 2.45) is 0 Å². The zero-order chi connectivity index (χ0) is 15.0. The maximum absolute atomic E-state index is 12.0. The zero-order valence-corrected chi connectivity index (χ0v) is 13.1. The van der Waals surface area contributed by atoms with Gasteiger partial charge in [0.15, 0.2) is 0 Å². The van der Waals surface area contributed by atoms with E-state index in [0.29, 0.717) is 19.8 Å². The molecule has 0 atom stereocenters. The monoisotopic (exact) mass is 304 g/mol. The summed E-state index contributed by atoms with van der Waals surface area (Å²) in [7, 11) is 2.26. The fraction of sp³-hybridized carbons (Fsp3) is 0.667. The van der Waals surface area contributed by atoms with Gasteiger partial charge in [-0.05, 0) is 27.2 Å². The molecule has 0 saturated carbocycles. The van der Waals surface area contributed by atoms with Gasteiger partial charge in [-0.25, -0.2) is 13.1 Å². The van der Waals surface area contributed by atoms with Crippen molar-refractivity contribution in [1.82, 2.24) is 19.9 Å². The summed E-state index contributed by atoms with van der Waals surface area (Å²) in [6.07, 6.45) is 1.49. The van der Waals surface area contributed by atoms with E-state index in [2.05, 4.69) is 15.0 Å². The van der Waals surface area contributed by atoms with E-state index in [0.717, 1.165) is 12.2 Å². The fourth-order valence-corrected chi connectivity index (χ4v) is 2.58. The minimum Gasteiger partial charge on any atom is -0.379 e. The summed E-state index contributed by atoms with van der Waals surface area (Å²) in [5.74, 6) is 0.